The van der Waals surface area contributed by atoms with E-state index in [0.717, 1.165) is 25.9 Å². The monoisotopic (exact) mass is 229 g/mol. The van der Waals surface area contributed by atoms with Gasteiger partial charge in [0.15, 0.2) is 0 Å². The van der Waals surface area contributed by atoms with E-state index in [0.29, 0.717) is 12.6 Å². The summed E-state index contributed by atoms with van der Waals surface area (Å²) in [5.74, 6) is -0.0922. The van der Waals surface area contributed by atoms with Gasteiger partial charge in [-0.2, -0.15) is 0 Å². The van der Waals surface area contributed by atoms with Gasteiger partial charge in [-0.15, -0.1) is 0 Å². The molecule has 1 aliphatic heterocycles. The van der Waals surface area contributed by atoms with Gasteiger partial charge in [0.2, 0.25) is 0 Å². The molecule has 0 aromatic rings. The average molecular weight is 229 g/mol. The van der Waals surface area contributed by atoms with E-state index in [1.165, 1.54) is 0 Å². The molecule has 1 saturated heterocycles. The highest BCUT2D eigenvalue weighted by atomic mass is 16.7. The van der Waals surface area contributed by atoms with Gasteiger partial charge < -0.3 is 5.73 Å². The third-order valence-electron chi connectivity index (χ3n) is 2.47. The van der Waals surface area contributed by atoms with Crippen molar-refractivity contribution in [2.45, 2.75) is 45.3 Å². The second kappa shape index (κ2) is 5.61. The molecule has 1 heterocycles. The quantitative estimate of drug-likeness (QED) is 0.681. The smallest absolute Gasteiger partial charge is 0.257 e. The van der Waals surface area contributed by atoms with Crippen LogP contribution >= 0.6 is 0 Å². The van der Waals surface area contributed by atoms with Crippen molar-refractivity contribution in [2.75, 3.05) is 19.6 Å². The van der Waals surface area contributed by atoms with Crippen molar-refractivity contribution in [3.8, 4) is 0 Å². The first kappa shape index (κ1) is 13.4. The van der Waals surface area contributed by atoms with Crippen LogP contribution in [-0.2, 0) is 9.63 Å². The molecule has 1 rings (SSSR count). The van der Waals surface area contributed by atoms with Gasteiger partial charge in [0.1, 0.15) is 0 Å². The van der Waals surface area contributed by atoms with Crippen molar-refractivity contribution in [3.63, 3.8) is 0 Å². The van der Waals surface area contributed by atoms with Gasteiger partial charge in [0.25, 0.3) is 5.91 Å². The van der Waals surface area contributed by atoms with Crippen molar-refractivity contribution in [3.05, 3.63) is 0 Å². The highest BCUT2D eigenvalue weighted by Gasteiger charge is 2.19. The summed E-state index contributed by atoms with van der Waals surface area (Å²) in [5, 5.41) is 0. The summed E-state index contributed by atoms with van der Waals surface area (Å²) in [6.45, 7) is 7.87. The van der Waals surface area contributed by atoms with Crippen LogP contribution < -0.4 is 11.2 Å². The molecular weight excluding hydrogens is 206 g/mol. The van der Waals surface area contributed by atoms with Crippen LogP contribution in [0.25, 0.3) is 0 Å². The Morgan fingerprint density at radius 1 is 1.44 bits per heavy atom. The molecule has 1 fully saturated rings. The van der Waals surface area contributed by atoms with Crippen LogP contribution in [0.2, 0.25) is 0 Å². The van der Waals surface area contributed by atoms with Gasteiger partial charge in [0, 0.05) is 19.1 Å². The minimum absolute atomic E-state index is 0.0922. The predicted molar refractivity (Wildman–Crippen MR) is 62.6 cm³/mol. The zero-order valence-corrected chi connectivity index (χ0v) is 10.5. The Kier molecular flexibility index (Phi) is 4.70. The van der Waals surface area contributed by atoms with Gasteiger partial charge in [-0.25, -0.2) is 5.48 Å². The first-order valence-corrected chi connectivity index (χ1v) is 5.81. The number of hydrogen-bond acceptors (Lipinski definition) is 4. The largest absolute Gasteiger partial charge is 0.328 e. The molecule has 16 heavy (non-hydrogen) atoms. The highest BCUT2D eigenvalue weighted by Crippen LogP contribution is 2.08. The molecule has 0 saturated carbocycles. The Balaban J connectivity index is 2.19. The molecule has 94 valence electrons. The van der Waals surface area contributed by atoms with Crippen molar-refractivity contribution < 1.29 is 9.63 Å². The molecule has 0 aliphatic carbocycles. The van der Waals surface area contributed by atoms with Gasteiger partial charge in [-0.3, -0.25) is 14.5 Å². The van der Waals surface area contributed by atoms with Gasteiger partial charge in [-0.1, -0.05) is 0 Å². The molecule has 5 heteroatoms. The molecule has 5 nitrogen and oxygen atoms in total. The molecule has 0 spiro atoms. The lowest BCUT2D eigenvalue weighted by Gasteiger charge is -2.29. The Morgan fingerprint density at radius 3 is 2.50 bits per heavy atom. The van der Waals surface area contributed by atoms with Crippen LogP contribution in [0.3, 0.4) is 0 Å². The molecule has 0 radical (unpaired) electrons. The van der Waals surface area contributed by atoms with E-state index < -0.39 is 0 Å². The summed E-state index contributed by atoms with van der Waals surface area (Å²) in [6.07, 6.45) is 1.93. The number of likely N-dealkylation sites (tertiary alicyclic amines) is 1. The molecule has 0 aromatic carbocycles. The number of hydroxylamine groups is 1. The molecule has 0 atom stereocenters. The zero-order valence-electron chi connectivity index (χ0n) is 10.5. The Hall–Kier alpha value is -0.650. The average Bonchev–Trinajstić information content (AvgIpc) is 2.18. The van der Waals surface area contributed by atoms with Crippen LogP contribution in [0.5, 0.6) is 0 Å². The van der Waals surface area contributed by atoms with Crippen molar-refractivity contribution >= 4 is 5.91 Å². The molecular formula is C11H23N3O2. The fraction of sp³-hybridized carbons (Fsp3) is 0.909. The van der Waals surface area contributed by atoms with E-state index in [1.54, 1.807) is 0 Å². The molecule has 0 bridgehead atoms. The van der Waals surface area contributed by atoms with Crippen LogP contribution in [0.4, 0.5) is 0 Å². The van der Waals surface area contributed by atoms with Gasteiger partial charge in [0.05, 0.1) is 12.1 Å². The summed E-state index contributed by atoms with van der Waals surface area (Å²) < 4.78 is 0. The first-order valence-electron chi connectivity index (χ1n) is 5.81. The van der Waals surface area contributed by atoms with Crippen LogP contribution in [0.1, 0.15) is 33.6 Å². The first-order chi connectivity index (χ1) is 7.37. The van der Waals surface area contributed by atoms with E-state index in [2.05, 4.69) is 10.4 Å². The molecule has 1 aliphatic rings. The fourth-order valence-corrected chi connectivity index (χ4v) is 1.56. The lowest BCUT2D eigenvalue weighted by atomic mass is 10.1. The fourth-order valence-electron chi connectivity index (χ4n) is 1.56. The number of nitrogens with zero attached hydrogens (tertiary/aromatic N) is 1. The third-order valence-corrected chi connectivity index (χ3v) is 2.47. The second-order valence-electron chi connectivity index (χ2n) is 5.35. The zero-order chi connectivity index (χ0) is 12.2. The number of rotatable bonds is 3. The minimum atomic E-state index is -0.347. The maximum atomic E-state index is 11.5. The van der Waals surface area contributed by atoms with Gasteiger partial charge >= 0.3 is 0 Å². The summed E-state index contributed by atoms with van der Waals surface area (Å²) in [6, 6.07) is 0.296. The normalized spacial score (nSPS) is 19.8. The maximum absolute atomic E-state index is 11.5. The van der Waals surface area contributed by atoms with E-state index in [4.69, 9.17) is 10.6 Å². The summed E-state index contributed by atoms with van der Waals surface area (Å²) in [4.78, 5) is 18.8. The lowest BCUT2D eigenvalue weighted by Crippen LogP contribution is -2.45. The van der Waals surface area contributed by atoms with Crippen molar-refractivity contribution in [1.82, 2.24) is 10.4 Å². The number of nitrogens with one attached hydrogen (secondary N) is 1. The highest BCUT2D eigenvalue weighted by molar-refractivity contribution is 5.76. The SMILES string of the molecule is CC(C)(C)ONC(=O)CN1CCC(N)CC1. The minimum Gasteiger partial charge on any atom is -0.328 e. The second-order valence-corrected chi connectivity index (χ2v) is 5.35. The summed E-state index contributed by atoms with van der Waals surface area (Å²) in [7, 11) is 0. The number of nitrogens with two attached hydrogens (primary N) is 1. The number of amides is 1. The van der Waals surface area contributed by atoms with Crippen LogP contribution in [-0.4, -0.2) is 42.1 Å². The summed E-state index contributed by atoms with van der Waals surface area (Å²) >= 11 is 0. The van der Waals surface area contributed by atoms with Crippen molar-refractivity contribution in [1.29, 1.82) is 0 Å². The molecule has 0 unspecified atom stereocenters. The Labute approximate surface area is 97.3 Å². The number of piperidine rings is 1. The predicted octanol–water partition coefficient (Wildman–Crippen LogP) is 0.256. The molecule has 0 aromatic heterocycles. The third kappa shape index (κ3) is 5.44. The van der Waals surface area contributed by atoms with E-state index in [9.17, 15) is 4.79 Å². The lowest BCUT2D eigenvalue weighted by molar-refractivity contribution is -0.146. The van der Waals surface area contributed by atoms with Crippen LogP contribution in [0, 0.1) is 0 Å². The Morgan fingerprint density at radius 2 is 2.00 bits per heavy atom. The topological polar surface area (TPSA) is 67.6 Å². The number of carbonyl (C=O) groups is 1. The molecule has 1 amide bonds. The molecule has 3 N–H and O–H groups in total. The van der Waals surface area contributed by atoms with Crippen molar-refractivity contribution in [2.24, 2.45) is 5.73 Å². The van der Waals surface area contributed by atoms with E-state index >= 15 is 0 Å². The van der Waals surface area contributed by atoms with E-state index in [-0.39, 0.29) is 11.5 Å². The number of carbonyl (C=O) groups excluding carboxylic acids is 1. The van der Waals surface area contributed by atoms with Gasteiger partial charge in [-0.05, 0) is 33.6 Å². The van der Waals surface area contributed by atoms with E-state index in [1.807, 2.05) is 20.8 Å². The summed E-state index contributed by atoms with van der Waals surface area (Å²) in [5.41, 5.74) is 7.91. The number of hydrogen-bond donors (Lipinski definition) is 2. The Bertz CT molecular complexity index is 230. The standard InChI is InChI=1S/C11H23N3O2/c1-11(2,3)16-13-10(15)8-14-6-4-9(12)5-7-14/h9H,4-8,12H2,1-3H3,(H,13,15). The maximum Gasteiger partial charge on any atom is 0.257 e. The van der Waals surface area contributed by atoms with Crippen LogP contribution in [0.15, 0.2) is 0 Å².